The van der Waals surface area contributed by atoms with E-state index in [4.69, 9.17) is 11.6 Å². The summed E-state index contributed by atoms with van der Waals surface area (Å²) in [5.74, 6) is 0. The van der Waals surface area contributed by atoms with Crippen LogP contribution in [0.2, 0.25) is 5.15 Å². The van der Waals surface area contributed by atoms with Gasteiger partial charge in [0.15, 0.2) is 4.34 Å². The first-order chi connectivity index (χ1) is 7.16. The second kappa shape index (κ2) is 4.47. The summed E-state index contributed by atoms with van der Waals surface area (Å²) in [5.41, 5.74) is 1.93. The molecule has 0 saturated carbocycles. The molecule has 78 valence electrons. The van der Waals surface area contributed by atoms with E-state index in [2.05, 4.69) is 15.0 Å². The lowest BCUT2D eigenvalue weighted by atomic mass is 10.4. The third kappa shape index (κ3) is 2.48. The van der Waals surface area contributed by atoms with Crippen molar-refractivity contribution in [3.8, 4) is 0 Å². The quantitative estimate of drug-likeness (QED) is 0.774. The Morgan fingerprint density at radius 2 is 2.13 bits per heavy atom. The molecule has 0 bridgehead atoms. The van der Waals surface area contributed by atoms with E-state index in [1.807, 2.05) is 19.2 Å². The van der Waals surface area contributed by atoms with Crippen molar-refractivity contribution in [1.82, 2.24) is 15.0 Å². The third-order valence-corrected chi connectivity index (χ3v) is 4.30. The number of aryl methyl sites for hydroxylation is 1. The van der Waals surface area contributed by atoms with Crippen LogP contribution < -0.4 is 0 Å². The zero-order chi connectivity index (χ0) is 10.8. The van der Waals surface area contributed by atoms with Crippen LogP contribution in [-0.4, -0.2) is 15.0 Å². The summed E-state index contributed by atoms with van der Waals surface area (Å²) in [7, 11) is 0. The Labute approximate surface area is 101 Å². The topological polar surface area (TPSA) is 38.7 Å². The number of halogens is 1. The molecular weight excluding hydrogens is 250 g/mol. The minimum Gasteiger partial charge on any atom is -0.235 e. The minimum absolute atomic E-state index is 0.501. The standard InChI is InChI=1S/C9H8ClN3S2/c1-5-3-14-9(13-5)15-8-6(2)7(10)11-4-12-8/h3-4H,1-2H3. The summed E-state index contributed by atoms with van der Waals surface area (Å²) in [6, 6.07) is 0. The van der Waals surface area contributed by atoms with Crippen LogP contribution in [0, 0.1) is 13.8 Å². The van der Waals surface area contributed by atoms with Gasteiger partial charge in [0, 0.05) is 16.6 Å². The van der Waals surface area contributed by atoms with Crippen molar-refractivity contribution < 1.29 is 0 Å². The lowest BCUT2D eigenvalue weighted by Crippen LogP contribution is -1.89. The summed E-state index contributed by atoms with van der Waals surface area (Å²) in [6.45, 7) is 3.88. The van der Waals surface area contributed by atoms with Crippen molar-refractivity contribution in [2.45, 2.75) is 23.2 Å². The van der Waals surface area contributed by atoms with Gasteiger partial charge in [0.25, 0.3) is 0 Å². The first kappa shape index (κ1) is 10.9. The van der Waals surface area contributed by atoms with E-state index < -0.39 is 0 Å². The van der Waals surface area contributed by atoms with Crippen LogP contribution in [0.15, 0.2) is 21.1 Å². The van der Waals surface area contributed by atoms with Crippen molar-refractivity contribution in [1.29, 1.82) is 0 Å². The van der Waals surface area contributed by atoms with Gasteiger partial charge in [-0.15, -0.1) is 11.3 Å². The number of rotatable bonds is 2. The maximum Gasteiger partial charge on any atom is 0.156 e. The SMILES string of the molecule is Cc1csc(Sc2ncnc(Cl)c2C)n1. The van der Waals surface area contributed by atoms with Crippen LogP contribution in [0.5, 0.6) is 0 Å². The second-order valence-electron chi connectivity index (χ2n) is 2.95. The molecular formula is C9H8ClN3S2. The maximum atomic E-state index is 5.90. The Bertz CT molecular complexity index is 484. The molecule has 15 heavy (non-hydrogen) atoms. The van der Waals surface area contributed by atoms with Crippen molar-refractivity contribution in [2.24, 2.45) is 0 Å². The zero-order valence-corrected chi connectivity index (χ0v) is 10.6. The van der Waals surface area contributed by atoms with Crippen molar-refractivity contribution in [3.05, 3.63) is 28.1 Å². The average molecular weight is 258 g/mol. The highest BCUT2D eigenvalue weighted by Gasteiger charge is 2.08. The molecule has 0 aliphatic heterocycles. The fourth-order valence-corrected chi connectivity index (χ4v) is 2.97. The van der Waals surface area contributed by atoms with Crippen molar-refractivity contribution in [2.75, 3.05) is 0 Å². The molecule has 2 aromatic heterocycles. The number of thiazole rings is 1. The minimum atomic E-state index is 0.501. The molecule has 2 heterocycles. The largest absolute Gasteiger partial charge is 0.235 e. The van der Waals surface area contributed by atoms with E-state index in [0.29, 0.717) is 5.15 Å². The van der Waals surface area contributed by atoms with Crippen LogP contribution in [0.25, 0.3) is 0 Å². The molecule has 0 aliphatic carbocycles. The molecule has 0 aromatic carbocycles. The summed E-state index contributed by atoms with van der Waals surface area (Å²) >= 11 is 9.03. The normalized spacial score (nSPS) is 10.6. The Morgan fingerprint density at radius 1 is 1.33 bits per heavy atom. The molecule has 0 amide bonds. The molecule has 0 saturated heterocycles. The molecule has 0 radical (unpaired) electrons. The average Bonchev–Trinajstić information content (AvgIpc) is 2.59. The van der Waals surface area contributed by atoms with Gasteiger partial charge in [0.2, 0.25) is 0 Å². The Balaban J connectivity index is 2.28. The van der Waals surface area contributed by atoms with Crippen molar-refractivity contribution >= 4 is 34.7 Å². The highest BCUT2D eigenvalue weighted by Crippen LogP contribution is 2.32. The second-order valence-corrected chi connectivity index (χ2v) is 5.40. The van der Waals surface area contributed by atoms with Gasteiger partial charge in [-0.3, -0.25) is 0 Å². The number of hydrogen-bond donors (Lipinski definition) is 0. The maximum absolute atomic E-state index is 5.90. The predicted molar refractivity (Wildman–Crippen MR) is 62.8 cm³/mol. The molecule has 3 nitrogen and oxygen atoms in total. The van der Waals surface area contributed by atoms with Gasteiger partial charge in [-0.25, -0.2) is 15.0 Å². The van der Waals surface area contributed by atoms with Gasteiger partial charge in [-0.1, -0.05) is 11.6 Å². The molecule has 0 fully saturated rings. The smallest absolute Gasteiger partial charge is 0.156 e. The fraction of sp³-hybridized carbons (Fsp3) is 0.222. The Hall–Kier alpha value is -0.650. The zero-order valence-electron chi connectivity index (χ0n) is 8.19. The highest BCUT2D eigenvalue weighted by molar-refractivity contribution is 8.01. The van der Waals surface area contributed by atoms with E-state index in [-0.39, 0.29) is 0 Å². The van der Waals surface area contributed by atoms with Crippen LogP contribution in [0.3, 0.4) is 0 Å². The summed E-state index contributed by atoms with van der Waals surface area (Å²) < 4.78 is 0.977. The van der Waals surface area contributed by atoms with E-state index in [1.165, 1.54) is 18.1 Å². The molecule has 0 aliphatic rings. The van der Waals surface area contributed by atoms with Crippen LogP contribution in [0.1, 0.15) is 11.3 Å². The molecule has 0 spiro atoms. The van der Waals surface area contributed by atoms with Crippen LogP contribution in [-0.2, 0) is 0 Å². The van der Waals surface area contributed by atoms with Crippen LogP contribution in [0.4, 0.5) is 0 Å². The van der Waals surface area contributed by atoms with Gasteiger partial charge >= 0.3 is 0 Å². The van der Waals surface area contributed by atoms with Crippen LogP contribution >= 0.6 is 34.7 Å². The summed E-state index contributed by atoms with van der Waals surface area (Å²) in [4.78, 5) is 12.4. The lowest BCUT2D eigenvalue weighted by molar-refractivity contribution is 1.00. The van der Waals surface area contributed by atoms with E-state index >= 15 is 0 Å². The summed E-state index contributed by atoms with van der Waals surface area (Å²) in [6.07, 6.45) is 1.47. The monoisotopic (exact) mass is 257 g/mol. The highest BCUT2D eigenvalue weighted by atomic mass is 35.5. The Kier molecular flexibility index (Phi) is 3.23. The molecule has 0 atom stereocenters. The molecule has 2 aromatic rings. The third-order valence-electron chi connectivity index (χ3n) is 1.76. The first-order valence-corrected chi connectivity index (χ1v) is 6.31. The number of nitrogens with zero attached hydrogens (tertiary/aromatic N) is 3. The van der Waals surface area contributed by atoms with E-state index in [9.17, 15) is 0 Å². The predicted octanol–water partition coefficient (Wildman–Crippen LogP) is 3.35. The lowest BCUT2D eigenvalue weighted by Gasteiger charge is -2.01. The molecule has 2 rings (SSSR count). The fourth-order valence-electron chi connectivity index (χ4n) is 0.979. The molecule has 6 heteroatoms. The Morgan fingerprint density at radius 3 is 2.80 bits per heavy atom. The van der Waals surface area contributed by atoms with Gasteiger partial charge in [0.1, 0.15) is 16.5 Å². The first-order valence-electron chi connectivity index (χ1n) is 4.24. The molecule has 0 N–H and O–H groups in total. The van der Waals surface area contributed by atoms with Gasteiger partial charge in [0.05, 0.1) is 0 Å². The number of hydrogen-bond acceptors (Lipinski definition) is 5. The van der Waals surface area contributed by atoms with E-state index in [0.717, 1.165) is 20.6 Å². The number of aromatic nitrogens is 3. The molecule has 0 unspecified atom stereocenters. The van der Waals surface area contributed by atoms with E-state index in [1.54, 1.807) is 11.3 Å². The summed E-state index contributed by atoms with van der Waals surface area (Å²) in [5, 5.41) is 3.38. The van der Waals surface area contributed by atoms with Gasteiger partial charge < -0.3 is 0 Å². The van der Waals surface area contributed by atoms with Gasteiger partial charge in [-0.2, -0.15) is 0 Å². The van der Waals surface area contributed by atoms with Crippen molar-refractivity contribution in [3.63, 3.8) is 0 Å². The van der Waals surface area contributed by atoms with Gasteiger partial charge in [-0.05, 0) is 25.6 Å².